The van der Waals surface area contributed by atoms with Crippen LogP contribution in [0.4, 0.5) is 0 Å². The van der Waals surface area contributed by atoms with Gasteiger partial charge in [0.1, 0.15) is 30.5 Å². The lowest BCUT2D eigenvalue weighted by atomic mass is 9.77. The van der Waals surface area contributed by atoms with E-state index in [2.05, 4.69) is 4.90 Å². The van der Waals surface area contributed by atoms with Crippen LogP contribution in [0, 0.1) is 0 Å². The molecule has 2 aliphatic rings. The number of benzene rings is 6. The summed E-state index contributed by atoms with van der Waals surface area (Å²) in [6, 6.07) is 44.9. The van der Waals surface area contributed by atoms with Crippen LogP contribution < -0.4 is 15.0 Å². The standard InChI is InChI=1S/C54H52N2O9/c57-48-36-45(64-44-18-10-11-19-44)23-25-46(48)52(59)40-21-26-49(39(35-40)22-27-51(58)62-33-30-55-28-31-61-32-29-55)63-37-38-20-24-47-50(34-38)65-56(53(47)60)54(41-12-4-1-5-13-41,42-14-6-2-7-15-42)43-16-8-3-9-17-43/h1-9,12-17,20-21,23-26,34-36,44,57H,10-11,18-19,22,27-33,37H2. The predicted octanol–water partition coefficient (Wildman–Crippen LogP) is 9.08. The Kier molecular flexibility index (Phi) is 13.2. The molecule has 7 aromatic rings. The number of rotatable bonds is 17. The van der Waals surface area contributed by atoms with Crippen LogP contribution in [-0.4, -0.2) is 72.1 Å². The molecular formula is C54H52N2O9. The average molecular weight is 873 g/mol. The Balaban J connectivity index is 0.990. The van der Waals surface area contributed by atoms with E-state index < -0.39 is 5.54 Å². The van der Waals surface area contributed by atoms with E-state index in [0.29, 0.717) is 53.4 Å². The number of aromatic nitrogens is 1. The summed E-state index contributed by atoms with van der Waals surface area (Å²) in [5.74, 6) is 0.0973. The van der Waals surface area contributed by atoms with Crippen molar-refractivity contribution in [3.63, 3.8) is 0 Å². The highest BCUT2D eigenvalue weighted by Crippen LogP contribution is 2.41. The van der Waals surface area contributed by atoms with Crippen LogP contribution in [0.5, 0.6) is 17.2 Å². The number of carbonyl (C=O) groups is 2. The molecule has 0 amide bonds. The molecule has 1 saturated carbocycles. The van der Waals surface area contributed by atoms with E-state index in [0.717, 1.165) is 61.0 Å². The van der Waals surface area contributed by atoms with E-state index in [4.69, 9.17) is 23.5 Å². The van der Waals surface area contributed by atoms with Crippen molar-refractivity contribution in [2.24, 2.45) is 0 Å². The molecule has 11 nitrogen and oxygen atoms in total. The molecule has 1 aliphatic heterocycles. The van der Waals surface area contributed by atoms with E-state index >= 15 is 0 Å². The van der Waals surface area contributed by atoms with E-state index in [9.17, 15) is 19.5 Å². The molecule has 2 heterocycles. The highest BCUT2D eigenvalue weighted by atomic mass is 16.5. The first-order valence-electron chi connectivity index (χ1n) is 22.4. The van der Waals surface area contributed by atoms with E-state index in [-0.39, 0.29) is 60.8 Å². The molecule has 0 unspecified atom stereocenters. The number of ether oxygens (including phenoxy) is 4. The maximum Gasteiger partial charge on any atom is 0.306 e. The number of phenols is 1. The van der Waals surface area contributed by atoms with E-state index in [1.807, 2.05) is 103 Å². The molecule has 1 N–H and O–H groups in total. The fourth-order valence-electron chi connectivity index (χ4n) is 9.04. The van der Waals surface area contributed by atoms with Crippen LogP contribution in [0.15, 0.2) is 155 Å². The quantitative estimate of drug-likeness (QED) is 0.0538. The van der Waals surface area contributed by atoms with Crippen molar-refractivity contribution in [1.82, 2.24) is 9.64 Å². The maximum atomic E-state index is 14.5. The second-order valence-electron chi connectivity index (χ2n) is 16.6. The highest BCUT2D eigenvalue weighted by molar-refractivity contribution is 6.11. The van der Waals surface area contributed by atoms with Crippen molar-refractivity contribution >= 4 is 22.7 Å². The van der Waals surface area contributed by atoms with Gasteiger partial charge in [0.05, 0.1) is 30.3 Å². The lowest BCUT2D eigenvalue weighted by Gasteiger charge is -2.34. The first-order chi connectivity index (χ1) is 31.9. The van der Waals surface area contributed by atoms with Gasteiger partial charge in [0, 0.05) is 37.7 Å². The van der Waals surface area contributed by atoms with Gasteiger partial charge in [-0.3, -0.25) is 19.3 Å². The molecule has 2 fully saturated rings. The SMILES string of the molecule is O=C(CCc1cc(C(=O)c2ccc(OC3CCCC3)cc2O)ccc1OCc1ccc2c(=O)n(C(c3ccccc3)(c3ccccc3)c3ccccc3)oc2c1)OCCN1CCOCC1. The van der Waals surface area contributed by atoms with Gasteiger partial charge in [-0.05, 0) is 102 Å². The molecule has 0 atom stereocenters. The van der Waals surface area contributed by atoms with Gasteiger partial charge in [-0.15, -0.1) is 0 Å². The first-order valence-corrected chi connectivity index (χ1v) is 22.4. The summed E-state index contributed by atoms with van der Waals surface area (Å²) in [4.78, 5) is 43.7. The summed E-state index contributed by atoms with van der Waals surface area (Å²) >= 11 is 0. The van der Waals surface area contributed by atoms with Crippen LogP contribution in [0.3, 0.4) is 0 Å². The van der Waals surface area contributed by atoms with Crippen molar-refractivity contribution in [3.05, 3.63) is 195 Å². The summed E-state index contributed by atoms with van der Waals surface area (Å²) in [6.07, 6.45) is 4.58. The Hall–Kier alpha value is -6.95. The van der Waals surface area contributed by atoms with Crippen LogP contribution in [-0.2, 0) is 32.8 Å². The van der Waals surface area contributed by atoms with Gasteiger partial charge in [-0.1, -0.05) is 97.1 Å². The third-order valence-corrected chi connectivity index (χ3v) is 12.4. The first kappa shape index (κ1) is 43.3. The third-order valence-electron chi connectivity index (χ3n) is 12.4. The summed E-state index contributed by atoms with van der Waals surface area (Å²) in [5.41, 5.74) is 3.39. The molecule has 1 aliphatic carbocycles. The van der Waals surface area contributed by atoms with E-state index in [1.165, 1.54) is 10.8 Å². The van der Waals surface area contributed by atoms with Crippen molar-refractivity contribution in [3.8, 4) is 17.2 Å². The zero-order valence-electron chi connectivity index (χ0n) is 36.2. The number of aromatic hydroxyl groups is 1. The number of carbonyl (C=O) groups excluding carboxylic acids is 2. The second kappa shape index (κ2) is 19.8. The summed E-state index contributed by atoms with van der Waals surface area (Å²) in [6.45, 7) is 3.91. The summed E-state index contributed by atoms with van der Waals surface area (Å²) in [7, 11) is 0. The Labute approximate surface area is 377 Å². The molecular weight excluding hydrogens is 821 g/mol. The van der Waals surface area contributed by atoms with Crippen LogP contribution in [0.2, 0.25) is 0 Å². The zero-order chi connectivity index (χ0) is 44.6. The largest absolute Gasteiger partial charge is 0.507 e. The number of fused-ring (bicyclic) bond motifs is 1. The van der Waals surface area contributed by atoms with Gasteiger partial charge in [0.2, 0.25) is 0 Å². The molecule has 332 valence electrons. The molecule has 0 radical (unpaired) electrons. The number of phenolic OH excluding ortho intramolecular Hbond substituents is 1. The minimum absolute atomic E-state index is 0.0617. The average Bonchev–Trinajstić information content (AvgIpc) is 3.99. The molecule has 6 aromatic carbocycles. The smallest absolute Gasteiger partial charge is 0.306 e. The summed E-state index contributed by atoms with van der Waals surface area (Å²) in [5, 5.41) is 11.4. The fraction of sp³-hybridized carbons (Fsp3) is 0.278. The Bertz CT molecular complexity index is 2690. The Morgan fingerprint density at radius 2 is 1.42 bits per heavy atom. The van der Waals surface area contributed by atoms with Crippen molar-refractivity contribution in [1.29, 1.82) is 0 Å². The van der Waals surface area contributed by atoms with Gasteiger partial charge < -0.3 is 28.6 Å². The topological polar surface area (TPSA) is 130 Å². The molecule has 1 saturated heterocycles. The minimum atomic E-state index is -1.13. The van der Waals surface area contributed by atoms with Gasteiger partial charge in [-0.2, -0.15) is 4.74 Å². The lowest BCUT2D eigenvalue weighted by Crippen LogP contribution is -2.42. The number of hydrogen-bond donors (Lipinski definition) is 1. The zero-order valence-corrected chi connectivity index (χ0v) is 36.2. The van der Waals surface area contributed by atoms with Crippen molar-refractivity contribution in [2.75, 3.05) is 39.5 Å². The molecule has 0 spiro atoms. The van der Waals surface area contributed by atoms with Gasteiger partial charge in [0.25, 0.3) is 5.56 Å². The van der Waals surface area contributed by atoms with Gasteiger partial charge in [0.15, 0.2) is 16.9 Å². The van der Waals surface area contributed by atoms with Crippen LogP contribution >= 0.6 is 0 Å². The molecule has 11 heteroatoms. The highest BCUT2D eigenvalue weighted by Gasteiger charge is 2.42. The Morgan fingerprint density at radius 3 is 2.06 bits per heavy atom. The molecule has 9 rings (SSSR count). The summed E-state index contributed by atoms with van der Waals surface area (Å²) < 4.78 is 31.6. The van der Waals surface area contributed by atoms with E-state index in [1.54, 1.807) is 36.4 Å². The van der Waals surface area contributed by atoms with Gasteiger partial charge in [-0.25, -0.2) is 0 Å². The fourth-order valence-corrected chi connectivity index (χ4v) is 9.04. The Morgan fingerprint density at radius 1 is 0.754 bits per heavy atom. The van der Waals surface area contributed by atoms with Crippen molar-refractivity contribution < 1.29 is 38.2 Å². The molecule has 65 heavy (non-hydrogen) atoms. The number of nitrogens with zero attached hydrogens (tertiary/aromatic N) is 2. The lowest BCUT2D eigenvalue weighted by molar-refractivity contribution is -0.144. The monoisotopic (exact) mass is 872 g/mol. The maximum absolute atomic E-state index is 14.5. The van der Waals surface area contributed by atoms with Gasteiger partial charge >= 0.3 is 5.97 Å². The third kappa shape index (κ3) is 9.48. The minimum Gasteiger partial charge on any atom is -0.507 e. The normalized spacial score (nSPS) is 14.6. The number of esters is 1. The molecule has 1 aromatic heterocycles. The van der Waals surface area contributed by atoms with Crippen LogP contribution in [0.25, 0.3) is 11.0 Å². The number of hydrogen-bond acceptors (Lipinski definition) is 10. The van der Waals surface area contributed by atoms with Crippen molar-refractivity contribution in [2.45, 2.75) is 56.8 Å². The number of aryl methyl sites for hydroxylation is 1. The number of morpholine rings is 1. The molecule has 0 bridgehead atoms. The van der Waals surface area contributed by atoms with Crippen LogP contribution in [0.1, 0.15) is 75.8 Å². The predicted molar refractivity (Wildman–Crippen MR) is 247 cm³/mol. The second-order valence-corrected chi connectivity index (χ2v) is 16.6. The number of ketones is 1.